The summed E-state index contributed by atoms with van der Waals surface area (Å²) in [5, 5.41) is 0. The average Bonchev–Trinajstić information content (AvgIpc) is 2.26. The van der Waals surface area contributed by atoms with Crippen molar-refractivity contribution in [3.05, 3.63) is 36.6 Å². The van der Waals surface area contributed by atoms with Crippen LogP contribution in [0.15, 0.2) is 18.3 Å². The zero-order chi connectivity index (χ0) is 11.3. The molecule has 1 atom stereocenters. The number of aryl methyl sites for hydroxylation is 2. The van der Waals surface area contributed by atoms with Crippen molar-refractivity contribution in [3.63, 3.8) is 0 Å². The Morgan fingerprint density at radius 2 is 2.12 bits per heavy atom. The minimum atomic E-state index is 0. The zero-order valence-electron chi connectivity index (χ0n) is 10.4. The van der Waals surface area contributed by atoms with Crippen LogP contribution in [0.5, 0.6) is 0 Å². The molecule has 1 heterocycles. The van der Waals surface area contributed by atoms with Crippen molar-refractivity contribution in [2.75, 3.05) is 7.05 Å². The molecule has 1 rings (SSSR count). The van der Waals surface area contributed by atoms with Gasteiger partial charge in [0.25, 0.3) is 0 Å². The summed E-state index contributed by atoms with van der Waals surface area (Å²) in [5.41, 5.74) is 2.49. The van der Waals surface area contributed by atoms with Gasteiger partial charge in [-0.25, -0.2) is 0 Å². The van der Waals surface area contributed by atoms with Gasteiger partial charge in [0.2, 0.25) is 0 Å². The number of hydrogen-bond acceptors (Lipinski definition) is 2. The van der Waals surface area contributed by atoms with Crippen LogP contribution in [0.4, 0.5) is 0 Å². The molecule has 2 nitrogen and oxygen atoms in total. The van der Waals surface area contributed by atoms with E-state index in [2.05, 4.69) is 38.0 Å². The quantitative estimate of drug-likeness (QED) is 0.721. The summed E-state index contributed by atoms with van der Waals surface area (Å²) in [6, 6.07) is 4.83. The Morgan fingerprint density at radius 1 is 1.44 bits per heavy atom. The molecule has 90 valence electrons. The van der Waals surface area contributed by atoms with Crippen LogP contribution in [0, 0.1) is 7.05 Å². The number of rotatable bonds is 5. The number of hydrogen-bond donors (Lipinski definition) is 0. The first-order valence-corrected chi connectivity index (χ1v) is 5.60. The largest absolute Gasteiger partial charge is 0.459 e. The number of nitrogens with zero attached hydrogens (tertiary/aromatic N) is 2. The summed E-state index contributed by atoms with van der Waals surface area (Å²) in [6.45, 7) is 4.32. The van der Waals surface area contributed by atoms with Crippen molar-refractivity contribution < 1.29 is 21.1 Å². The molecule has 0 radical (unpaired) electrons. The maximum absolute atomic E-state index is 4.39. The third-order valence-electron chi connectivity index (χ3n) is 2.85. The Labute approximate surface area is 114 Å². The van der Waals surface area contributed by atoms with E-state index in [0.717, 1.165) is 19.3 Å². The van der Waals surface area contributed by atoms with Gasteiger partial charge in [-0.05, 0) is 44.0 Å². The predicted octanol–water partition coefficient (Wildman–Crippen LogP) is 2.69. The van der Waals surface area contributed by atoms with Gasteiger partial charge in [-0.3, -0.25) is 12.0 Å². The molecule has 1 unspecified atom stereocenters. The first kappa shape index (κ1) is 15.8. The Balaban J connectivity index is 0.00000225. The molecule has 0 saturated heterocycles. The third kappa shape index (κ3) is 5.22. The molecule has 3 heteroatoms. The Morgan fingerprint density at radius 3 is 2.56 bits per heavy atom. The van der Waals surface area contributed by atoms with Gasteiger partial charge in [0, 0.05) is 33.0 Å². The van der Waals surface area contributed by atoms with Gasteiger partial charge < -0.3 is 4.90 Å². The first-order valence-electron chi connectivity index (χ1n) is 5.60. The van der Waals surface area contributed by atoms with Crippen LogP contribution in [0.1, 0.15) is 31.5 Å². The molecule has 0 spiro atoms. The molecule has 0 bridgehead atoms. The SMILES string of the molecule is [CH2-]N(C)C(C)CCc1ccc(CC)nc1.[W]. The second-order valence-electron chi connectivity index (χ2n) is 4.16. The van der Waals surface area contributed by atoms with Crippen molar-refractivity contribution in [3.8, 4) is 0 Å². The molecular formula is C13H21N2W-. The van der Waals surface area contributed by atoms with E-state index >= 15 is 0 Å². The Kier molecular flexibility index (Phi) is 7.87. The van der Waals surface area contributed by atoms with E-state index in [1.54, 1.807) is 0 Å². The van der Waals surface area contributed by atoms with Crippen molar-refractivity contribution in [1.29, 1.82) is 0 Å². The molecule has 16 heavy (non-hydrogen) atoms. The molecule has 1 aromatic rings. The minimum absolute atomic E-state index is 0. The van der Waals surface area contributed by atoms with Crippen LogP contribution in [0.3, 0.4) is 0 Å². The molecule has 0 fully saturated rings. The molecule has 0 N–H and O–H groups in total. The van der Waals surface area contributed by atoms with Crippen molar-refractivity contribution in [2.45, 2.75) is 39.2 Å². The summed E-state index contributed by atoms with van der Waals surface area (Å²) in [4.78, 5) is 6.40. The third-order valence-corrected chi connectivity index (χ3v) is 2.85. The zero-order valence-corrected chi connectivity index (χ0v) is 13.4. The fourth-order valence-corrected chi connectivity index (χ4v) is 1.41. The van der Waals surface area contributed by atoms with Crippen LogP contribution in [0.25, 0.3) is 0 Å². The van der Waals surface area contributed by atoms with Gasteiger partial charge in [0.15, 0.2) is 0 Å². The van der Waals surface area contributed by atoms with Crippen LogP contribution >= 0.6 is 0 Å². The summed E-state index contributed by atoms with van der Waals surface area (Å²) in [6.07, 6.45) is 5.22. The second-order valence-corrected chi connectivity index (χ2v) is 4.16. The molecule has 0 aliphatic carbocycles. The van der Waals surface area contributed by atoms with Gasteiger partial charge in [0.05, 0.1) is 0 Å². The minimum Gasteiger partial charge on any atom is -0.459 e. The van der Waals surface area contributed by atoms with Gasteiger partial charge in [-0.15, -0.1) is 0 Å². The fraction of sp³-hybridized carbons (Fsp3) is 0.538. The maximum Gasteiger partial charge on any atom is 0.0401 e. The van der Waals surface area contributed by atoms with Gasteiger partial charge in [0.1, 0.15) is 0 Å². The number of pyridine rings is 1. The van der Waals surface area contributed by atoms with Gasteiger partial charge in [-0.1, -0.05) is 19.9 Å². The molecule has 0 saturated carbocycles. The molecule has 0 aromatic carbocycles. The van der Waals surface area contributed by atoms with E-state index in [-0.39, 0.29) is 21.1 Å². The number of aromatic nitrogens is 1. The monoisotopic (exact) mass is 389 g/mol. The van der Waals surface area contributed by atoms with Crippen LogP contribution in [0.2, 0.25) is 0 Å². The average molecular weight is 389 g/mol. The van der Waals surface area contributed by atoms with E-state index in [1.807, 2.05) is 18.1 Å². The summed E-state index contributed by atoms with van der Waals surface area (Å²) in [7, 11) is 5.91. The van der Waals surface area contributed by atoms with Crippen molar-refractivity contribution >= 4 is 0 Å². The van der Waals surface area contributed by atoms with Crippen molar-refractivity contribution in [1.82, 2.24) is 9.88 Å². The molecule has 0 amide bonds. The molecule has 0 aliphatic heterocycles. The van der Waals surface area contributed by atoms with E-state index in [1.165, 1.54) is 11.3 Å². The van der Waals surface area contributed by atoms with E-state index in [9.17, 15) is 0 Å². The summed E-state index contributed by atoms with van der Waals surface area (Å²) < 4.78 is 0. The molecule has 0 aliphatic rings. The van der Waals surface area contributed by atoms with Crippen LogP contribution in [-0.4, -0.2) is 23.0 Å². The van der Waals surface area contributed by atoms with Crippen molar-refractivity contribution in [2.24, 2.45) is 0 Å². The molecule has 1 aromatic heterocycles. The first-order chi connectivity index (χ1) is 7.13. The van der Waals surface area contributed by atoms with E-state index in [4.69, 9.17) is 0 Å². The second kappa shape index (κ2) is 7.97. The van der Waals surface area contributed by atoms with Crippen LogP contribution in [-0.2, 0) is 33.9 Å². The fourth-order valence-electron chi connectivity index (χ4n) is 1.41. The van der Waals surface area contributed by atoms with Gasteiger partial charge >= 0.3 is 0 Å². The normalized spacial score (nSPS) is 12.3. The maximum atomic E-state index is 4.39. The topological polar surface area (TPSA) is 16.1 Å². The smallest absolute Gasteiger partial charge is 0.0401 e. The van der Waals surface area contributed by atoms with Gasteiger partial charge in [-0.2, -0.15) is 0 Å². The standard InChI is InChI=1S/C13H21N2.W/c1-5-13-9-8-12(10-14-13)7-6-11(2)15(3)4;/h8-11H,3,5-7H2,1-2,4H3;/q-1;. The van der Waals surface area contributed by atoms with Crippen LogP contribution < -0.4 is 0 Å². The summed E-state index contributed by atoms with van der Waals surface area (Å²) in [5.74, 6) is 0. The Hall–Kier alpha value is -0.202. The Bertz CT molecular complexity index is 282. The molecular weight excluding hydrogens is 368 g/mol. The predicted molar refractivity (Wildman–Crippen MR) is 64.5 cm³/mol. The van der Waals surface area contributed by atoms with E-state index in [0.29, 0.717) is 6.04 Å². The summed E-state index contributed by atoms with van der Waals surface area (Å²) >= 11 is 0. The van der Waals surface area contributed by atoms with E-state index < -0.39 is 0 Å².